The van der Waals surface area contributed by atoms with Crippen LogP contribution < -0.4 is 10.1 Å². The Balaban J connectivity index is 1.77. The van der Waals surface area contributed by atoms with Crippen molar-refractivity contribution in [2.75, 3.05) is 6.61 Å². The van der Waals surface area contributed by atoms with Crippen molar-refractivity contribution in [1.29, 1.82) is 0 Å². The number of hydrogen-bond donors (Lipinski definition) is 2. The Hall–Kier alpha value is -2.15. The van der Waals surface area contributed by atoms with Crippen molar-refractivity contribution >= 4 is 18.1 Å². The minimum atomic E-state index is -0.0631. The number of benzene rings is 1. The van der Waals surface area contributed by atoms with Gasteiger partial charge in [0.15, 0.2) is 4.77 Å². The normalized spacial score (nSPS) is 16.2. The van der Waals surface area contributed by atoms with Gasteiger partial charge in [-0.2, -0.15) is 5.10 Å². The average Bonchev–Trinajstić information content (AvgIpc) is 2.89. The van der Waals surface area contributed by atoms with Gasteiger partial charge in [0.25, 0.3) is 0 Å². The van der Waals surface area contributed by atoms with Gasteiger partial charge in [-0.05, 0) is 38.0 Å². The molecule has 1 aromatic carbocycles. The first-order chi connectivity index (χ1) is 12.0. The first kappa shape index (κ1) is 17.7. The number of nitrogens with one attached hydrogen (secondary N) is 2. The smallest absolute Gasteiger partial charge is 0.240 e. The molecule has 0 saturated heterocycles. The van der Waals surface area contributed by atoms with Crippen molar-refractivity contribution in [3.05, 3.63) is 39.4 Å². The number of rotatable bonds is 5. The van der Waals surface area contributed by atoms with Gasteiger partial charge < -0.3 is 10.1 Å². The third-order valence-corrected chi connectivity index (χ3v) is 4.74. The Morgan fingerprint density at radius 1 is 1.48 bits per heavy atom. The summed E-state index contributed by atoms with van der Waals surface area (Å²) in [5.74, 6) is 1.65. The highest BCUT2D eigenvalue weighted by Crippen LogP contribution is 2.35. The average molecular weight is 360 g/mol. The summed E-state index contributed by atoms with van der Waals surface area (Å²) in [5, 5.41) is 10.1. The summed E-state index contributed by atoms with van der Waals surface area (Å²) in [6.07, 6.45) is 2.51. The lowest BCUT2D eigenvalue weighted by molar-refractivity contribution is -0.122. The van der Waals surface area contributed by atoms with E-state index in [9.17, 15) is 4.79 Å². The molecule has 0 radical (unpaired) electrons. The first-order valence-electron chi connectivity index (χ1n) is 8.67. The number of carbonyl (C=O) groups excluding carboxylic acids is 1. The minimum absolute atomic E-state index is 0.0365. The maximum Gasteiger partial charge on any atom is 0.240 e. The second-order valence-corrected chi connectivity index (χ2v) is 6.93. The Morgan fingerprint density at radius 2 is 2.28 bits per heavy atom. The molecule has 1 aliphatic rings. The molecule has 0 aliphatic carbocycles. The van der Waals surface area contributed by atoms with Crippen molar-refractivity contribution in [3.8, 4) is 5.75 Å². The zero-order valence-electron chi connectivity index (χ0n) is 14.9. The number of H-pyrrole nitrogens is 1. The SMILES string of the molecule is CCCc1n[nH]c(=S)n1CC(=O)NC1CCOc2c(C)cc(C)cc21. The summed E-state index contributed by atoms with van der Waals surface area (Å²) in [5.41, 5.74) is 3.33. The van der Waals surface area contributed by atoms with Gasteiger partial charge in [-0.3, -0.25) is 14.5 Å². The van der Waals surface area contributed by atoms with Crippen LogP contribution in [-0.2, 0) is 17.8 Å². The molecule has 1 aliphatic heterocycles. The highest BCUT2D eigenvalue weighted by atomic mass is 32.1. The number of fused-ring (bicyclic) bond motifs is 1. The van der Waals surface area contributed by atoms with E-state index in [2.05, 4.69) is 41.5 Å². The molecule has 2 N–H and O–H groups in total. The molecule has 1 amide bonds. The number of aryl methyl sites for hydroxylation is 3. The zero-order valence-corrected chi connectivity index (χ0v) is 15.7. The number of aromatic amines is 1. The molecule has 0 bridgehead atoms. The number of hydrogen-bond acceptors (Lipinski definition) is 4. The molecule has 0 fully saturated rings. The van der Waals surface area contributed by atoms with E-state index in [1.165, 1.54) is 5.56 Å². The fourth-order valence-electron chi connectivity index (χ4n) is 3.34. The Morgan fingerprint density at radius 3 is 3.04 bits per heavy atom. The van der Waals surface area contributed by atoms with E-state index < -0.39 is 0 Å². The van der Waals surface area contributed by atoms with E-state index in [1.54, 1.807) is 4.57 Å². The highest BCUT2D eigenvalue weighted by Gasteiger charge is 2.25. The van der Waals surface area contributed by atoms with Gasteiger partial charge in [0, 0.05) is 18.4 Å². The van der Waals surface area contributed by atoms with E-state index in [0.29, 0.717) is 11.4 Å². The van der Waals surface area contributed by atoms with E-state index in [-0.39, 0.29) is 18.5 Å². The molecule has 1 aromatic heterocycles. The zero-order chi connectivity index (χ0) is 18.0. The molecule has 2 aromatic rings. The summed E-state index contributed by atoms with van der Waals surface area (Å²) in [6.45, 7) is 6.96. The fourth-order valence-corrected chi connectivity index (χ4v) is 3.55. The van der Waals surface area contributed by atoms with Gasteiger partial charge in [0.2, 0.25) is 5.91 Å². The van der Waals surface area contributed by atoms with Crippen molar-refractivity contribution in [2.45, 2.75) is 52.6 Å². The maximum atomic E-state index is 12.6. The molecular weight excluding hydrogens is 336 g/mol. The second-order valence-electron chi connectivity index (χ2n) is 6.54. The lowest BCUT2D eigenvalue weighted by Crippen LogP contribution is -2.35. The number of ether oxygens (including phenoxy) is 1. The van der Waals surface area contributed by atoms with Crippen molar-refractivity contribution in [3.63, 3.8) is 0 Å². The summed E-state index contributed by atoms with van der Waals surface area (Å²) in [4.78, 5) is 12.6. The van der Waals surface area contributed by atoms with Gasteiger partial charge in [0.1, 0.15) is 18.1 Å². The van der Waals surface area contributed by atoms with Crippen LogP contribution in [0.2, 0.25) is 0 Å². The Labute approximate surface area is 152 Å². The minimum Gasteiger partial charge on any atom is -0.493 e. The van der Waals surface area contributed by atoms with Crippen LogP contribution in [-0.4, -0.2) is 27.3 Å². The van der Waals surface area contributed by atoms with Crippen molar-refractivity contribution in [2.24, 2.45) is 0 Å². The van der Waals surface area contributed by atoms with E-state index >= 15 is 0 Å². The number of carbonyl (C=O) groups is 1. The lowest BCUT2D eigenvalue weighted by Gasteiger charge is -2.28. The molecule has 7 heteroatoms. The predicted octanol–water partition coefficient (Wildman–Crippen LogP) is 3.15. The number of aromatic nitrogens is 3. The van der Waals surface area contributed by atoms with E-state index in [4.69, 9.17) is 17.0 Å². The van der Waals surface area contributed by atoms with Gasteiger partial charge >= 0.3 is 0 Å². The van der Waals surface area contributed by atoms with Gasteiger partial charge in [0.05, 0.1) is 12.6 Å². The van der Waals surface area contributed by atoms with Crippen LogP contribution in [0.1, 0.15) is 48.3 Å². The van der Waals surface area contributed by atoms with Gasteiger partial charge in [-0.15, -0.1) is 0 Å². The topological polar surface area (TPSA) is 71.9 Å². The van der Waals surface area contributed by atoms with Crippen LogP contribution in [0.3, 0.4) is 0 Å². The molecule has 1 unspecified atom stereocenters. The summed E-state index contributed by atoms with van der Waals surface area (Å²) in [6, 6.07) is 4.16. The van der Waals surface area contributed by atoms with Gasteiger partial charge in [-0.1, -0.05) is 24.6 Å². The molecule has 0 saturated carbocycles. The van der Waals surface area contributed by atoms with Crippen LogP contribution in [0.15, 0.2) is 12.1 Å². The molecule has 1 atom stereocenters. The van der Waals surface area contributed by atoms with E-state index in [1.807, 2.05) is 6.92 Å². The molecule has 25 heavy (non-hydrogen) atoms. The lowest BCUT2D eigenvalue weighted by atomic mass is 9.95. The van der Waals surface area contributed by atoms with Crippen LogP contribution >= 0.6 is 12.2 Å². The Kier molecular flexibility index (Phi) is 5.22. The van der Waals surface area contributed by atoms with Crippen LogP contribution in [0, 0.1) is 18.6 Å². The van der Waals surface area contributed by atoms with Crippen LogP contribution in [0.5, 0.6) is 5.75 Å². The summed E-state index contributed by atoms with van der Waals surface area (Å²) < 4.78 is 8.07. The van der Waals surface area contributed by atoms with Crippen molar-refractivity contribution in [1.82, 2.24) is 20.1 Å². The maximum absolute atomic E-state index is 12.6. The molecule has 0 spiro atoms. The molecule has 134 valence electrons. The monoisotopic (exact) mass is 360 g/mol. The molecule has 2 heterocycles. The molecule has 3 rings (SSSR count). The summed E-state index contributed by atoms with van der Waals surface area (Å²) >= 11 is 5.25. The standard InChI is InChI=1S/C18H24N4O2S/c1-4-5-15-20-21-18(25)22(15)10-16(23)19-14-6-7-24-17-12(3)8-11(2)9-13(14)17/h8-9,14H,4-7,10H2,1-3H3,(H,19,23)(H,21,25). The molecular formula is C18H24N4O2S. The largest absolute Gasteiger partial charge is 0.493 e. The number of amides is 1. The third-order valence-electron chi connectivity index (χ3n) is 4.42. The first-order valence-corrected chi connectivity index (χ1v) is 9.07. The fraction of sp³-hybridized carbons (Fsp3) is 0.500. The Bertz CT molecular complexity index is 840. The summed E-state index contributed by atoms with van der Waals surface area (Å²) in [7, 11) is 0. The quantitative estimate of drug-likeness (QED) is 0.804. The van der Waals surface area contributed by atoms with Crippen LogP contribution in [0.4, 0.5) is 0 Å². The third kappa shape index (κ3) is 3.76. The highest BCUT2D eigenvalue weighted by molar-refractivity contribution is 7.71. The second kappa shape index (κ2) is 7.39. The van der Waals surface area contributed by atoms with E-state index in [0.717, 1.165) is 42.0 Å². The predicted molar refractivity (Wildman–Crippen MR) is 98.3 cm³/mol. The molecule has 6 nitrogen and oxygen atoms in total. The van der Waals surface area contributed by atoms with Gasteiger partial charge in [-0.25, -0.2) is 0 Å². The van der Waals surface area contributed by atoms with Crippen molar-refractivity contribution < 1.29 is 9.53 Å². The number of nitrogens with zero attached hydrogens (tertiary/aromatic N) is 2. The van der Waals surface area contributed by atoms with Crippen LogP contribution in [0.25, 0.3) is 0 Å².